The molecule has 2 fully saturated rings. The molecule has 1 saturated carbocycles. The average molecular weight is 328 g/mol. The minimum Gasteiger partial charge on any atom is -0.492 e. The lowest BCUT2D eigenvalue weighted by Gasteiger charge is -2.31. The van der Waals surface area contributed by atoms with E-state index in [1.54, 1.807) is 6.07 Å². The highest BCUT2D eigenvalue weighted by atomic mass is 35.5. The maximum absolute atomic E-state index is 6.26. The molecule has 3 atom stereocenters. The highest BCUT2D eigenvalue weighted by molar-refractivity contribution is 6.35. The largest absolute Gasteiger partial charge is 0.492 e. The van der Waals surface area contributed by atoms with Crippen LogP contribution in [0.15, 0.2) is 12.1 Å². The molecule has 1 N–H and O–H groups in total. The van der Waals surface area contributed by atoms with Crippen molar-refractivity contribution in [2.45, 2.75) is 43.9 Å². The van der Waals surface area contributed by atoms with Crippen LogP contribution < -0.4 is 10.1 Å². The van der Waals surface area contributed by atoms with Crippen LogP contribution in [0.25, 0.3) is 0 Å². The van der Waals surface area contributed by atoms with Gasteiger partial charge in [-0.2, -0.15) is 0 Å². The third kappa shape index (κ3) is 2.77. The van der Waals surface area contributed by atoms with Crippen molar-refractivity contribution < 1.29 is 9.47 Å². The van der Waals surface area contributed by atoms with Crippen molar-refractivity contribution in [3.63, 3.8) is 0 Å². The van der Waals surface area contributed by atoms with Crippen molar-refractivity contribution in [2.75, 3.05) is 13.2 Å². The van der Waals surface area contributed by atoms with E-state index in [4.69, 9.17) is 32.7 Å². The predicted octanol–water partition coefficient (Wildman–Crippen LogP) is 3.97. The number of rotatable bonds is 3. The summed E-state index contributed by atoms with van der Waals surface area (Å²) >= 11 is 12.4. The lowest BCUT2D eigenvalue weighted by molar-refractivity contribution is 0.0772. The van der Waals surface area contributed by atoms with Crippen molar-refractivity contribution >= 4 is 23.2 Å². The van der Waals surface area contributed by atoms with E-state index in [-0.39, 0.29) is 6.04 Å². The number of hydrogen-bond acceptors (Lipinski definition) is 3. The molecule has 0 spiro atoms. The normalized spacial score (nSPS) is 31.8. The summed E-state index contributed by atoms with van der Waals surface area (Å²) in [6.45, 7) is 1.55. The fourth-order valence-corrected chi connectivity index (χ4v) is 4.10. The van der Waals surface area contributed by atoms with Crippen molar-refractivity contribution in [1.29, 1.82) is 0 Å². The van der Waals surface area contributed by atoms with E-state index in [1.807, 2.05) is 6.07 Å². The molecule has 1 saturated heterocycles. The van der Waals surface area contributed by atoms with Gasteiger partial charge in [0, 0.05) is 35.7 Å². The van der Waals surface area contributed by atoms with Gasteiger partial charge >= 0.3 is 0 Å². The van der Waals surface area contributed by atoms with E-state index in [0.29, 0.717) is 28.8 Å². The molecule has 4 rings (SSSR count). The Hall–Kier alpha value is -0.480. The Labute approximate surface area is 134 Å². The highest BCUT2D eigenvalue weighted by Crippen LogP contribution is 2.42. The van der Waals surface area contributed by atoms with Crippen LogP contribution in [0.1, 0.15) is 37.3 Å². The zero-order valence-electron chi connectivity index (χ0n) is 11.8. The summed E-state index contributed by atoms with van der Waals surface area (Å²) in [5, 5.41) is 5.04. The van der Waals surface area contributed by atoms with Crippen LogP contribution in [0.5, 0.6) is 5.75 Å². The monoisotopic (exact) mass is 327 g/mol. The molecule has 2 aliphatic heterocycles. The molecule has 3 aliphatic rings. The molecule has 1 aromatic carbocycles. The number of fused-ring (bicyclic) bond motifs is 1. The average Bonchev–Trinajstić information content (AvgIpc) is 3.20. The topological polar surface area (TPSA) is 30.5 Å². The van der Waals surface area contributed by atoms with Gasteiger partial charge in [-0.25, -0.2) is 0 Å². The summed E-state index contributed by atoms with van der Waals surface area (Å²) in [5.74, 6) is 1.54. The Balaban J connectivity index is 1.57. The van der Waals surface area contributed by atoms with Gasteiger partial charge in [0.25, 0.3) is 0 Å². The van der Waals surface area contributed by atoms with Crippen molar-refractivity contribution in [3.8, 4) is 5.75 Å². The van der Waals surface area contributed by atoms with Crippen LogP contribution in [0.2, 0.25) is 10.0 Å². The Kier molecular flexibility index (Phi) is 3.78. The fraction of sp³-hybridized carbons (Fsp3) is 0.625. The predicted molar refractivity (Wildman–Crippen MR) is 83.3 cm³/mol. The molecular weight excluding hydrogens is 309 g/mol. The van der Waals surface area contributed by atoms with Crippen LogP contribution in [-0.2, 0) is 4.74 Å². The first-order valence-corrected chi connectivity index (χ1v) is 8.47. The molecule has 5 heteroatoms. The van der Waals surface area contributed by atoms with Gasteiger partial charge < -0.3 is 14.8 Å². The number of hydrogen-bond donors (Lipinski definition) is 1. The first-order valence-electron chi connectivity index (χ1n) is 7.72. The number of halogens is 2. The minimum atomic E-state index is 0.248. The smallest absolute Gasteiger partial charge is 0.142 e. The molecule has 0 radical (unpaired) electrons. The van der Waals surface area contributed by atoms with Crippen LogP contribution >= 0.6 is 23.2 Å². The lowest BCUT2D eigenvalue weighted by atomic mass is 9.97. The Morgan fingerprint density at radius 2 is 1.90 bits per heavy atom. The molecule has 0 bridgehead atoms. The first kappa shape index (κ1) is 14.1. The van der Waals surface area contributed by atoms with E-state index in [2.05, 4.69) is 5.32 Å². The Morgan fingerprint density at radius 3 is 2.71 bits per heavy atom. The second-order valence-corrected chi connectivity index (χ2v) is 7.07. The van der Waals surface area contributed by atoms with E-state index in [0.717, 1.165) is 36.7 Å². The fourth-order valence-electron chi connectivity index (χ4n) is 3.54. The van der Waals surface area contributed by atoms with E-state index in [1.165, 1.54) is 12.8 Å². The molecular formula is C16H19Cl2NO2. The van der Waals surface area contributed by atoms with Crippen LogP contribution in [-0.4, -0.2) is 25.4 Å². The molecule has 114 valence electrons. The summed E-state index contributed by atoms with van der Waals surface area (Å²) in [5.41, 5.74) is 1.08. The van der Waals surface area contributed by atoms with E-state index >= 15 is 0 Å². The SMILES string of the molecule is Clc1cc(Cl)c2c(c1)C(NC1CCOC1C1CC1)CCO2. The second-order valence-electron chi connectivity index (χ2n) is 6.23. The maximum atomic E-state index is 6.26. The molecule has 3 unspecified atom stereocenters. The Bertz CT molecular complexity index is 547. The molecule has 21 heavy (non-hydrogen) atoms. The number of nitrogens with one attached hydrogen (secondary N) is 1. The zero-order valence-corrected chi connectivity index (χ0v) is 13.3. The maximum Gasteiger partial charge on any atom is 0.142 e. The summed E-state index contributed by atoms with van der Waals surface area (Å²) in [6.07, 6.45) is 5.03. The van der Waals surface area contributed by atoms with Gasteiger partial charge in [-0.3, -0.25) is 0 Å². The van der Waals surface area contributed by atoms with Gasteiger partial charge in [0.05, 0.1) is 17.7 Å². The summed E-state index contributed by atoms with van der Waals surface area (Å²) in [7, 11) is 0. The number of benzene rings is 1. The van der Waals surface area contributed by atoms with Crippen molar-refractivity contribution in [1.82, 2.24) is 5.32 Å². The van der Waals surface area contributed by atoms with Crippen molar-refractivity contribution in [3.05, 3.63) is 27.7 Å². The van der Waals surface area contributed by atoms with Gasteiger partial charge in [-0.1, -0.05) is 23.2 Å². The molecule has 0 aromatic heterocycles. The van der Waals surface area contributed by atoms with Crippen LogP contribution in [0.3, 0.4) is 0 Å². The van der Waals surface area contributed by atoms with Gasteiger partial charge in [-0.05, 0) is 37.3 Å². The van der Waals surface area contributed by atoms with Gasteiger partial charge in [0.1, 0.15) is 5.75 Å². The van der Waals surface area contributed by atoms with Crippen molar-refractivity contribution in [2.24, 2.45) is 5.92 Å². The third-order valence-electron chi connectivity index (χ3n) is 4.70. The standard InChI is InChI=1S/C16H19Cl2NO2/c17-10-7-11-13(3-5-21-16(11)12(18)8-10)19-14-4-6-20-15(14)9-1-2-9/h7-9,13-15,19H,1-6H2. The number of ether oxygens (including phenoxy) is 2. The molecule has 1 aromatic rings. The molecule has 2 heterocycles. The molecule has 0 amide bonds. The van der Waals surface area contributed by atoms with Crippen LogP contribution in [0, 0.1) is 5.92 Å². The van der Waals surface area contributed by atoms with Gasteiger partial charge in [0.2, 0.25) is 0 Å². The van der Waals surface area contributed by atoms with Crippen LogP contribution in [0.4, 0.5) is 0 Å². The summed E-state index contributed by atoms with van der Waals surface area (Å²) in [6, 6.07) is 4.40. The third-order valence-corrected chi connectivity index (χ3v) is 5.20. The Morgan fingerprint density at radius 1 is 1.05 bits per heavy atom. The van der Waals surface area contributed by atoms with E-state index in [9.17, 15) is 0 Å². The minimum absolute atomic E-state index is 0.248. The summed E-state index contributed by atoms with van der Waals surface area (Å²) < 4.78 is 11.6. The first-order chi connectivity index (χ1) is 10.2. The quantitative estimate of drug-likeness (QED) is 0.911. The highest BCUT2D eigenvalue weighted by Gasteiger charge is 2.41. The lowest BCUT2D eigenvalue weighted by Crippen LogP contribution is -2.41. The van der Waals surface area contributed by atoms with Gasteiger partial charge in [-0.15, -0.1) is 0 Å². The zero-order chi connectivity index (χ0) is 14.4. The van der Waals surface area contributed by atoms with Gasteiger partial charge in [0.15, 0.2) is 0 Å². The molecule has 3 nitrogen and oxygen atoms in total. The van der Waals surface area contributed by atoms with E-state index < -0.39 is 0 Å². The summed E-state index contributed by atoms with van der Waals surface area (Å²) in [4.78, 5) is 0. The molecule has 1 aliphatic carbocycles. The second kappa shape index (κ2) is 5.62.